The van der Waals surface area contributed by atoms with Gasteiger partial charge in [0.25, 0.3) is 0 Å². The van der Waals surface area contributed by atoms with E-state index in [0.717, 1.165) is 11.1 Å². The van der Waals surface area contributed by atoms with Gasteiger partial charge in [-0.2, -0.15) is 0 Å². The Bertz CT molecular complexity index is 443. The molecule has 2 aromatic rings. The second-order valence-electron chi connectivity index (χ2n) is 4.29. The highest BCUT2D eigenvalue weighted by Crippen LogP contribution is 2.17. The molecule has 92 valence electrons. The van der Waals surface area contributed by atoms with Crippen LogP contribution in [0.3, 0.4) is 0 Å². The molecule has 0 N–H and O–H groups in total. The van der Waals surface area contributed by atoms with Gasteiger partial charge >= 0.3 is 0 Å². The van der Waals surface area contributed by atoms with Gasteiger partial charge in [-0.25, -0.2) is 0 Å². The lowest BCUT2D eigenvalue weighted by molar-refractivity contribution is 1.39. The van der Waals surface area contributed by atoms with Crippen LogP contribution in [-0.4, -0.2) is 0 Å². The van der Waals surface area contributed by atoms with Crippen molar-refractivity contribution in [2.45, 2.75) is 13.8 Å². The zero-order chi connectivity index (χ0) is 13.4. The molecule has 0 saturated carbocycles. The number of hydrogen-bond donors (Lipinski definition) is 0. The summed E-state index contributed by atoms with van der Waals surface area (Å²) in [5.41, 5.74) is 4.68. The fourth-order valence-corrected chi connectivity index (χ4v) is 1.26. The Balaban J connectivity index is 0.000000232. The van der Waals surface area contributed by atoms with Crippen LogP contribution < -0.4 is 0 Å². The predicted octanol–water partition coefficient (Wildman–Crippen LogP) is 5.49. The highest BCUT2D eigenvalue weighted by atomic mass is 14.0. The second-order valence-corrected chi connectivity index (χ2v) is 4.29. The second kappa shape index (κ2) is 7.29. The fraction of sp³-hybridized carbons (Fsp3) is 0.111. The third-order valence-electron chi connectivity index (χ3n) is 2.61. The van der Waals surface area contributed by atoms with Crippen molar-refractivity contribution in [3.63, 3.8) is 0 Å². The Morgan fingerprint density at radius 1 is 0.611 bits per heavy atom. The van der Waals surface area contributed by atoms with Crippen LogP contribution >= 0.6 is 0 Å². The van der Waals surface area contributed by atoms with E-state index in [0.29, 0.717) is 0 Å². The van der Waals surface area contributed by atoms with E-state index < -0.39 is 0 Å². The third kappa shape index (κ3) is 4.84. The van der Waals surface area contributed by atoms with E-state index in [1.807, 2.05) is 26.0 Å². The molecule has 0 aliphatic heterocycles. The number of rotatable bonds is 2. The minimum absolute atomic E-state index is 1.06. The SMILES string of the molecule is C=C(C)C(=C)C.c1ccc(-c2ccccc2)cc1. The highest BCUT2D eigenvalue weighted by molar-refractivity contribution is 5.62. The molecule has 0 nitrogen and oxygen atoms in total. The highest BCUT2D eigenvalue weighted by Gasteiger charge is 1.91. The Kier molecular flexibility index (Phi) is 5.66. The van der Waals surface area contributed by atoms with Crippen molar-refractivity contribution in [1.82, 2.24) is 0 Å². The largest absolute Gasteiger partial charge is 0.0959 e. The molecule has 0 unspecified atom stereocenters. The molecule has 0 aromatic heterocycles. The molecule has 0 heterocycles. The standard InChI is InChI=1S/C12H10.C6H10/c1-3-7-11(8-4-1)12-9-5-2-6-10-12;1-5(2)6(3)4/h1-10H;1,3H2,2,4H3. The molecule has 0 aliphatic rings. The lowest BCUT2D eigenvalue weighted by Gasteiger charge is -1.98. The van der Waals surface area contributed by atoms with Crippen LogP contribution in [0.25, 0.3) is 11.1 Å². The average Bonchev–Trinajstić information content (AvgIpc) is 2.41. The van der Waals surface area contributed by atoms with Gasteiger partial charge < -0.3 is 0 Å². The maximum absolute atomic E-state index is 3.66. The summed E-state index contributed by atoms with van der Waals surface area (Å²) in [6.07, 6.45) is 0. The van der Waals surface area contributed by atoms with Crippen molar-refractivity contribution in [3.05, 3.63) is 85.0 Å². The van der Waals surface area contributed by atoms with Gasteiger partial charge in [0.05, 0.1) is 0 Å². The molecular formula is C18H20. The summed E-state index contributed by atoms with van der Waals surface area (Å²) in [6, 6.07) is 20.8. The number of allylic oxidation sites excluding steroid dienone is 2. The van der Waals surface area contributed by atoms with Gasteiger partial charge in [-0.3, -0.25) is 0 Å². The van der Waals surface area contributed by atoms with Crippen LogP contribution in [0.5, 0.6) is 0 Å². The van der Waals surface area contributed by atoms with Gasteiger partial charge in [-0.15, -0.1) is 0 Å². The summed E-state index contributed by atoms with van der Waals surface area (Å²) < 4.78 is 0. The fourth-order valence-electron chi connectivity index (χ4n) is 1.26. The lowest BCUT2D eigenvalue weighted by Crippen LogP contribution is -1.73. The van der Waals surface area contributed by atoms with Crippen LogP contribution in [-0.2, 0) is 0 Å². The molecule has 0 aliphatic carbocycles. The molecule has 0 fully saturated rings. The normalized spacial score (nSPS) is 9.00. The zero-order valence-electron chi connectivity index (χ0n) is 11.2. The van der Waals surface area contributed by atoms with Crippen molar-refractivity contribution >= 4 is 0 Å². The summed E-state index contributed by atoms with van der Waals surface area (Å²) >= 11 is 0. The van der Waals surface area contributed by atoms with Crippen LogP contribution in [0.4, 0.5) is 0 Å². The van der Waals surface area contributed by atoms with Crippen molar-refractivity contribution in [2.75, 3.05) is 0 Å². The van der Waals surface area contributed by atoms with Gasteiger partial charge in [0.2, 0.25) is 0 Å². The lowest BCUT2D eigenvalue weighted by atomic mass is 10.1. The summed E-state index contributed by atoms with van der Waals surface area (Å²) in [5, 5.41) is 0. The molecule has 0 saturated heterocycles. The smallest absolute Gasteiger partial charge is 0.0184 e. The van der Waals surface area contributed by atoms with E-state index in [9.17, 15) is 0 Å². The quantitative estimate of drug-likeness (QED) is 0.605. The van der Waals surface area contributed by atoms with Crippen molar-refractivity contribution in [2.24, 2.45) is 0 Å². The maximum atomic E-state index is 3.66. The minimum Gasteiger partial charge on any atom is -0.0959 e. The maximum Gasteiger partial charge on any atom is -0.0184 e. The zero-order valence-corrected chi connectivity index (χ0v) is 11.2. The van der Waals surface area contributed by atoms with Gasteiger partial charge in [0.1, 0.15) is 0 Å². The van der Waals surface area contributed by atoms with Crippen molar-refractivity contribution < 1.29 is 0 Å². The molecule has 0 spiro atoms. The Hall–Kier alpha value is -2.08. The Morgan fingerprint density at radius 3 is 1.11 bits per heavy atom. The van der Waals surface area contributed by atoms with Crippen LogP contribution in [0, 0.1) is 0 Å². The van der Waals surface area contributed by atoms with Crippen LogP contribution in [0.2, 0.25) is 0 Å². The first-order chi connectivity index (χ1) is 8.61. The molecule has 0 radical (unpaired) electrons. The van der Waals surface area contributed by atoms with Crippen molar-refractivity contribution in [3.8, 4) is 11.1 Å². The van der Waals surface area contributed by atoms with E-state index in [2.05, 4.69) is 61.7 Å². The third-order valence-corrected chi connectivity index (χ3v) is 2.61. The molecule has 0 atom stereocenters. The summed E-state index contributed by atoms with van der Waals surface area (Å²) in [4.78, 5) is 0. The molecule has 0 bridgehead atoms. The van der Waals surface area contributed by atoms with E-state index >= 15 is 0 Å². The minimum atomic E-state index is 1.06. The molecule has 2 aromatic carbocycles. The molecular weight excluding hydrogens is 216 g/mol. The Morgan fingerprint density at radius 2 is 0.889 bits per heavy atom. The summed E-state index contributed by atoms with van der Waals surface area (Å²) in [6.45, 7) is 11.2. The van der Waals surface area contributed by atoms with E-state index in [4.69, 9.17) is 0 Å². The number of benzene rings is 2. The van der Waals surface area contributed by atoms with E-state index in [1.54, 1.807) is 0 Å². The van der Waals surface area contributed by atoms with Gasteiger partial charge in [0.15, 0.2) is 0 Å². The monoisotopic (exact) mass is 236 g/mol. The predicted molar refractivity (Wildman–Crippen MR) is 81.5 cm³/mol. The molecule has 0 heteroatoms. The van der Waals surface area contributed by atoms with Gasteiger partial charge in [0, 0.05) is 0 Å². The average molecular weight is 236 g/mol. The van der Waals surface area contributed by atoms with E-state index in [-0.39, 0.29) is 0 Å². The summed E-state index contributed by atoms with van der Waals surface area (Å²) in [7, 11) is 0. The molecule has 18 heavy (non-hydrogen) atoms. The van der Waals surface area contributed by atoms with Crippen molar-refractivity contribution in [1.29, 1.82) is 0 Å². The van der Waals surface area contributed by atoms with E-state index in [1.165, 1.54) is 11.1 Å². The van der Waals surface area contributed by atoms with Crippen LogP contribution in [0.15, 0.2) is 85.0 Å². The Labute approximate surface area is 110 Å². The topological polar surface area (TPSA) is 0 Å². The first kappa shape index (κ1) is 14.0. The van der Waals surface area contributed by atoms with Crippen LogP contribution in [0.1, 0.15) is 13.8 Å². The number of hydrogen-bond acceptors (Lipinski definition) is 0. The first-order valence-electron chi connectivity index (χ1n) is 6.03. The molecule has 2 rings (SSSR count). The summed E-state index contributed by atoms with van der Waals surface area (Å²) in [5.74, 6) is 0. The van der Waals surface area contributed by atoms with Gasteiger partial charge in [-0.05, 0) is 25.0 Å². The first-order valence-corrected chi connectivity index (χ1v) is 6.03. The molecule has 0 amide bonds. The van der Waals surface area contributed by atoms with Gasteiger partial charge in [-0.1, -0.05) is 85.0 Å².